The number of para-hydroxylation sites is 1. The predicted molar refractivity (Wildman–Crippen MR) is 106 cm³/mol. The molecule has 3 aromatic rings. The zero-order valence-electron chi connectivity index (χ0n) is 15.6. The number of benzene rings is 1. The predicted octanol–water partition coefficient (Wildman–Crippen LogP) is 4.53. The Hall–Kier alpha value is -2.15. The number of fused-ring (bicyclic) bond motifs is 1. The first-order valence-electron chi connectivity index (χ1n) is 9.72. The smallest absolute Gasteiger partial charge is 0.262 e. The SMILES string of the molecule is CCCc1nc(CSc2nc3ccccc3c(=O)n2C2CCCCC2)no1. The van der Waals surface area contributed by atoms with Crippen molar-refractivity contribution in [2.24, 2.45) is 0 Å². The molecule has 1 aliphatic rings. The Morgan fingerprint density at radius 2 is 2.00 bits per heavy atom. The highest BCUT2D eigenvalue weighted by Crippen LogP contribution is 2.31. The van der Waals surface area contributed by atoms with E-state index in [9.17, 15) is 4.79 Å². The highest BCUT2D eigenvalue weighted by molar-refractivity contribution is 7.98. The molecule has 0 spiro atoms. The largest absolute Gasteiger partial charge is 0.339 e. The first-order valence-corrected chi connectivity index (χ1v) is 10.7. The molecule has 1 aliphatic carbocycles. The minimum atomic E-state index is 0.0646. The lowest BCUT2D eigenvalue weighted by Crippen LogP contribution is -2.29. The zero-order valence-corrected chi connectivity index (χ0v) is 16.4. The third-order valence-electron chi connectivity index (χ3n) is 5.02. The molecule has 0 bridgehead atoms. The van der Waals surface area contributed by atoms with Gasteiger partial charge in [0.2, 0.25) is 5.89 Å². The van der Waals surface area contributed by atoms with Crippen molar-refractivity contribution in [2.75, 3.05) is 0 Å². The van der Waals surface area contributed by atoms with Crippen LogP contribution < -0.4 is 5.56 Å². The second kappa shape index (κ2) is 8.25. The fraction of sp³-hybridized carbons (Fsp3) is 0.500. The molecule has 1 saturated carbocycles. The summed E-state index contributed by atoms with van der Waals surface area (Å²) in [5, 5.41) is 5.50. The maximum Gasteiger partial charge on any atom is 0.262 e. The summed E-state index contributed by atoms with van der Waals surface area (Å²) in [4.78, 5) is 22.4. The van der Waals surface area contributed by atoms with Gasteiger partial charge in [-0.05, 0) is 31.4 Å². The van der Waals surface area contributed by atoms with Crippen LogP contribution in [0.5, 0.6) is 0 Å². The van der Waals surface area contributed by atoms with E-state index < -0.39 is 0 Å². The van der Waals surface area contributed by atoms with Gasteiger partial charge in [-0.1, -0.05) is 55.2 Å². The van der Waals surface area contributed by atoms with Crippen LogP contribution in [0.2, 0.25) is 0 Å². The molecule has 0 aliphatic heterocycles. The quantitative estimate of drug-likeness (QED) is 0.459. The molecule has 0 amide bonds. The van der Waals surface area contributed by atoms with Gasteiger partial charge in [0.05, 0.1) is 16.7 Å². The Morgan fingerprint density at radius 3 is 2.81 bits per heavy atom. The van der Waals surface area contributed by atoms with Crippen LogP contribution in [-0.4, -0.2) is 19.7 Å². The van der Waals surface area contributed by atoms with Gasteiger partial charge in [0.15, 0.2) is 11.0 Å². The van der Waals surface area contributed by atoms with Gasteiger partial charge in [0.1, 0.15) is 0 Å². The summed E-state index contributed by atoms with van der Waals surface area (Å²) in [6.07, 6.45) is 7.42. The van der Waals surface area contributed by atoms with Crippen molar-refractivity contribution in [3.63, 3.8) is 0 Å². The summed E-state index contributed by atoms with van der Waals surface area (Å²) in [5.74, 6) is 1.87. The average Bonchev–Trinajstić information content (AvgIpc) is 3.15. The lowest BCUT2D eigenvalue weighted by Gasteiger charge is -2.26. The van der Waals surface area contributed by atoms with Crippen LogP contribution in [-0.2, 0) is 12.2 Å². The van der Waals surface area contributed by atoms with Crippen molar-refractivity contribution < 1.29 is 4.52 Å². The summed E-state index contributed by atoms with van der Waals surface area (Å²) in [5.41, 5.74) is 0.812. The molecule has 2 aromatic heterocycles. The topological polar surface area (TPSA) is 73.8 Å². The third kappa shape index (κ3) is 3.93. The number of hydrogen-bond acceptors (Lipinski definition) is 6. The lowest BCUT2D eigenvalue weighted by molar-refractivity contribution is 0.326. The first kappa shape index (κ1) is 18.2. The van der Waals surface area contributed by atoms with Crippen LogP contribution in [0.25, 0.3) is 10.9 Å². The monoisotopic (exact) mass is 384 g/mol. The molecule has 7 heteroatoms. The molecule has 6 nitrogen and oxygen atoms in total. The number of aromatic nitrogens is 4. The highest BCUT2D eigenvalue weighted by atomic mass is 32.2. The van der Waals surface area contributed by atoms with Crippen LogP contribution in [0.4, 0.5) is 0 Å². The van der Waals surface area contributed by atoms with Crippen LogP contribution in [0.1, 0.15) is 63.2 Å². The third-order valence-corrected chi connectivity index (χ3v) is 5.97. The van der Waals surface area contributed by atoms with Crippen molar-refractivity contribution in [1.82, 2.24) is 19.7 Å². The Balaban J connectivity index is 1.67. The van der Waals surface area contributed by atoms with Gasteiger partial charge in [0, 0.05) is 12.5 Å². The zero-order chi connectivity index (χ0) is 18.6. The molecule has 142 valence electrons. The molecule has 0 radical (unpaired) electrons. The fourth-order valence-corrected chi connectivity index (χ4v) is 4.59. The van der Waals surface area contributed by atoms with E-state index in [0.29, 0.717) is 22.9 Å². The molecule has 27 heavy (non-hydrogen) atoms. The maximum atomic E-state index is 13.2. The Bertz CT molecular complexity index is 976. The molecule has 0 N–H and O–H groups in total. The highest BCUT2D eigenvalue weighted by Gasteiger charge is 2.22. The van der Waals surface area contributed by atoms with Crippen molar-refractivity contribution >= 4 is 22.7 Å². The van der Waals surface area contributed by atoms with E-state index in [0.717, 1.165) is 36.4 Å². The van der Waals surface area contributed by atoms with E-state index in [1.54, 1.807) is 0 Å². The van der Waals surface area contributed by atoms with E-state index in [4.69, 9.17) is 9.51 Å². The Kier molecular flexibility index (Phi) is 5.57. The lowest BCUT2D eigenvalue weighted by atomic mass is 9.95. The second-order valence-corrected chi connectivity index (χ2v) is 7.96. The molecule has 1 fully saturated rings. The van der Waals surface area contributed by atoms with Crippen molar-refractivity contribution in [1.29, 1.82) is 0 Å². The van der Waals surface area contributed by atoms with Gasteiger partial charge in [-0.3, -0.25) is 9.36 Å². The van der Waals surface area contributed by atoms with Crippen LogP contribution >= 0.6 is 11.8 Å². The van der Waals surface area contributed by atoms with Crippen molar-refractivity contribution in [3.05, 3.63) is 46.3 Å². The molecule has 4 rings (SSSR count). The Morgan fingerprint density at radius 1 is 1.19 bits per heavy atom. The fourth-order valence-electron chi connectivity index (χ4n) is 3.68. The van der Waals surface area contributed by atoms with E-state index in [1.165, 1.54) is 31.0 Å². The summed E-state index contributed by atoms with van der Waals surface area (Å²) in [7, 11) is 0. The van der Waals surface area contributed by atoms with Crippen LogP contribution in [0.3, 0.4) is 0 Å². The molecule has 0 unspecified atom stereocenters. The van der Waals surface area contributed by atoms with Crippen molar-refractivity contribution in [3.8, 4) is 0 Å². The molecule has 1 aromatic carbocycles. The van der Waals surface area contributed by atoms with E-state index >= 15 is 0 Å². The van der Waals surface area contributed by atoms with E-state index in [-0.39, 0.29) is 11.6 Å². The number of aryl methyl sites for hydroxylation is 1. The minimum Gasteiger partial charge on any atom is -0.339 e. The summed E-state index contributed by atoms with van der Waals surface area (Å²) in [6.45, 7) is 2.08. The van der Waals surface area contributed by atoms with E-state index in [1.807, 2.05) is 28.8 Å². The number of hydrogen-bond donors (Lipinski definition) is 0. The summed E-state index contributed by atoms with van der Waals surface area (Å²) >= 11 is 1.52. The number of nitrogens with zero attached hydrogens (tertiary/aromatic N) is 4. The summed E-state index contributed by atoms with van der Waals surface area (Å²) < 4.78 is 7.19. The normalized spacial score (nSPS) is 15.4. The van der Waals surface area contributed by atoms with Gasteiger partial charge in [-0.25, -0.2) is 4.98 Å². The maximum absolute atomic E-state index is 13.2. The summed E-state index contributed by atoms with van der Waals surface area (Å²) in [6, 6.07) is 7.82. The van der Waals surface area contributed by atoms with Crippen molar-refractivity contribution in [2.45, 2.75) is 68.8 Å². The molecule has 0 saturated heterocycles. The van der Waals surface area contributed by atoms with Gasteiger partial charge < -0.3 is 4.52 Å². The van der Waals surface area contributed by atoms with E-state index in [2.05, 4.69) is 17.1 Å². The molecular formula is C20H24N4O2S. The van der Waals surface area contributed by atoms with Gasteiger partial charge >= 0.3 is 0 Å². The van der Waals surface area contributed by atoms with Crippen LogP contribution in [0.15, 0.2) is 38.7 Å². The van der Waals surface area contributed by atoms with Gasteiger partial charge in [0.25, 0.3) is 5.56 Å². The van der Waals surface area contributed by atoms with Gasteiger partial charge in [-0.2, -0.15) is 4.98 Å². The molecule has 0 atom stereocenters. The van der Waals surface area contributed by atoms with Gasteiger partial charge in [-0.15, -0.1) is 0 Å². The van der Waals surface area contributed by atoms with Crippen LogP contribution in [0, 0.1) is 0 Å². The number of rotatable bonds is 6. The first-order chi connectivity index (χ1) is 13.3. The number of thioether (sulfide) groups is 1. The Labute approximate surface area is 162 Å². The minimum absolute atomic E-state index is 0.0646. The standard InChI is InChI=1S/C20H24N4O2S/c1-2-8-18-22-17(23-26-18)13-27-20-21-16-12-7-6-11-15(16)19(25)24(20)14-9-4-3-5-10-14/h6-7,11-12,14H,2-5,8-10,13H2,1H3. The molecule has 2 heterocycles. The molecular weight excluding hydrogens is 360 g/mol. The average molecular weight is 385 g/mol. The second-order valence-electron chi connectivity index (χ2n) is 7.02.